The number of fused-ring (bicyclic) bond motifs is 3. The Morgan fingerprint density at radius 1 is 1.06 bits per heavy atom. The third kappa shape index (κ3) is 4.28. The lowest BCUT2D eigenvalue weighted by molar-refractivity contribution is -0.165. The number of alkyl halides is 3. The molecule has 2 aromatic carbocycles. The van der Waals surface area contributed by atoms with Gasteiger partial charge in [-0.15, -0.1) is 10.2 Å². The second-order valence-electron chi connectivity index (χ2n) is 7.13. The Bertz CT molecular complexity index is 1150. The molecule has 1 aliphatic heterocycles. The molecule has 0 aliphatic carbocycles. The van der Waals surface area contributed by atoms with E-state index in [1.807, 2.05) is 19.9 Å². The maximum absolute atomic E-state index is 13.6. The van der Waals surface area contributed by atoms with Gasteiger partial charge in [-0.1, -0.05) is 49.7 Å². The molecule has 10 heteroatoms. The first-order valence-electron chi connectivity index (χ1n) is 10.2. The molecule has 2 heterocycles. The molecule has 0 fully saturated rings. The van der Waals surface area contributed by atoms with Crippen LogP contribution in [0.4, 0.5) is 13.2 Å². The van der Waals surface area contributed by atoms with E-state index in [1.54, 1.807) is 27.8 Å². The Balaban J connectivity index is 1.87. The SMILES string of the molecule is CCN(CC)OCc1nnc2n1-c1cc(C(F)(F)F)ccc1C(c1ccccc1Cl)=NC2. The molecule has 3 aromatic rings. The predicted octanol–water partition coefficient (Wildman–Crippen LogP) is 5.06. The molecule has 0 bridgehead atoms. The van der Waals surface area contributed by atoms with Crippen LogP contribution in [-0.2, 0) is 24.2 Å². The highest BCUT2D eigenvalue weighted by Crippen LogP contribution is 2.35. The van der Waals surface area contributed by atoms with E-state index < -0.39 is 11.7 Å². The molecular weight excluding hydrogens is 443 g/mol. The summed E-state index contributed by atoms with van der Waals surface area (Å²) in [5, 5.41) is 10.5. The van der Waals surface area contributed by atoms with E-state index in [4.69, 9.17) is 16.4 Å². The van der Waals surface area contributed by atoms with Gasteiger partial charge >= 0.3 is 6.18 Å². The lowest BCUT2D eigenvalue weighted by Gasteiger charge is -2.19. The van der Waals surface area contributed by atoms with Crippen LogP contribution < -0.4 is 0 Å². The first-order chi connectivity index (χ1) is 15.3. The van der Waals surface area contributed by atoms with E-state index >= 15 is 0 Å². The summed E-state index contributed by atoms with van der Waals surface area (Å²) in [7, 11) is 0. The summed E-state index contributed by atoms with van der Waals surface area (Å²) in [6.07, 6.45) is -4.50. The van der Waals surface area contributed by atoms with Crippen molar-refractivity contribution in [2.45, 2.75) is 33.2 Å². The van der Waals surface area contributed by atoms with Gasteiger partial charge in [0.25, 0.3) is 0 Å². The average Bonchev–Trinajstić information content (AvgIpc) is 3.10. The summed E-state index contributed by atoms with van der Waals surface area (Å²) in [6.45, 7) is 5.41. The number of benzene rings is 2. The molecule has 4 rings (SSSR count). The standard InChI is InChI=1S/C22H21ClF3N5O/c1-3-30(4-2)32-13-20-29-28-19-12-27-21(15-7-5-6-8-17(15)23)16-10-9-14(22(24,25)26)11-18(16)31(19)20/h5-11H,3-4,12-13H2,1-2H3. The molecule has 1 aliphatic rings. The van der Waals surface area contributed by atoms with Crippen molar-refractivity contribution < 1.29 is 18.0 Å². The molecule has 168 valence electrons. The quantitative estimate of drug-likeness (QED) is 0.479. The van der Waals surface area contributed by atoms with Crippen LogP contribution in [0.3, 0.4) is 0 Å². The van der Waals surface area contributed by atoms with E-state index in [1.165, 1.54) is 6.07 Å². The van der Waals surface area contributed by atoms with Crippen molar-refractivity contribution in [3.63, 3.8) is 0 Å². The molecular formula is C22H21ClF3N5O. The highest BCUT2D eigenvalue weighted by atomic mass is 35.5. The van der Waals surface area contributed by atoms with Crippen molar-refractivity contribution >= 4 is 17.3 Å². The van der Waals surface area contributed by atoms with Gasteiger partial charge in [0.05, 0.1) is 17.0 Å². The van der Waals surface area contributed by atoms with Crippen LogP contribution in [0, 0.1) is 0 Å². The molecule has 0 saturated carbocycles. The number of nitrogens with zero attached hydrogens (tertiary/aromatic N) is 5. The molecule has 32 heavy (non-hydrogen) atoms. The van der Waals surface area contributed by atoms with Crippen LogP contribution >= 0.6 is 11.6 Å². The van der Waals surface area contributed by atoms with Crippen molar-refractivity contribution in [3.05, 3.63) is 75.8 Å². The monoisotopic (exact) mass is 463 g/mol. The van der Waals surface area contributed by atoms with Crippen LogP contribution in [0.15, 0.2) is 47.5 Å². The maximum atomic E-state index is 13.6. The minimum atomic E-state index is -4.50. The van der Waals surface area contributed by atoms with E-state index in [0.717, 1.165) is 12.1 Å². The van der Waals surface area contributed by atoms with E-state index in [9.17, 15) is 13.2 Å². The van der Waals surface area contributed by atoms with Gasteiger partial charge in [0, 0.05) is 29.2 Å². The normalized spacial score (nSPS) is 13.5. The van der Waals surface area contributed by atoms with Crippen molar-refractivity contribution in [2.24, 2.45) is 4.99 Å². The van der Waals surface area contributed by atoms with Gasteiger partial charge in [0.1, 0.15) is 13.2 Å². The maximum Gasteiger partial charge on any atom is 0.416 e. The second kappa shape index (κ2) is 9.01. The van der Waals surface area contributed by atoms with Gasteiger partial charge < -0.3 is 0 Å². The predicted molar refractivity (Wildman–Crippen MR) is 115 cm³/mol. The second-order valence-corrected chi connectivity index (χ2v) is 7.54. The lowest BCUT2D eigenvalue weighted by Crippen LogP contribution is -2.24. The summed E-state index contributed by atoms with van der Waals surface area (Å²) in [5.74, 6) is 0.814. The fraction of sp³-hybridized carbons (Fsp3) is 0.318. The number of hydrogen-bond acceptors (Lipinski definition) is 5. The van der Waals surface area contributed by atoms with Crippen molar-refractivity contribution in [1.82, 2.24) is 19.8 Å². The zero-order valence-corrected chi connectivity index (χ0v) is 18.3. The number of aromatic nitrogens is 3. The topological polar surface area (TPSA) is 55.5 Å². The summed E-state index contributed by atoms with van der Waals surface area (Å²) < 4.78 is 42.3. The summed E-state index contributed by atoms with van der Waals surface area (Å²) >= 11 is 6.39. The van der Waals surface area contributed by atoms with Gasteiger partial charge in [-0.05, 0) is 18.2 Å². The van der Waals surface area contributed by atoms with E-state index in [0.29, 0.717) is 46.6 Å². The summed E-state index contributed by atoms with van der Waals surface area (Å²) in [6, 6.07) is 10.7. The van der Waals surface area contributed by atoms with Gasteiger partial charge in [0.15, 0.2) is 11.6 Å². The largest absolute Gasteiger partial charge is 0.416 e. The number of hydroxylamine groups is 2. The first kappa shape index (κ1) is 22.4. The molecule has 0 N–H and O–H groups in total. The number of halogens is 4. The highest BCUT2D eigenvalue weighted by Gasteiger charge is 2.33. The van der Waals surface area contributed by atoms with Gasteiger partial charge in [-0.2, -0.15) is 18.2 Å². The molecule has 0 saturated heterocycles. The number of rotatable bonds is 6. The average molecular weight is 464 g/mol. The van der Waals surface area contributed by atoms with Crippen LogP contribution in [0.5, 0.6) is 0 Å². The Morgan fingerprint density at radius 3 is 2.50 bits per heavy atom. The molecule has 6 nitrogen and oxygen atoms in total. The summed E-state index contributed by atoms with van der Waals surface area (Å²) in [4.78, 5) is 10.4. The fourth-order valence-corrected chi connectivity index (χ4v) is 3.82. The molecule has 1 aromatic heterocycles. The van der Waals surface area contributed by atoms with Gasteiger partial charge in [0.2, 0.25) is 0 Å². The van der Waals surface area contributed by atoms with E-state index in [-0.39, 0.29) is 18.8 Å². The molecule has 0 amide bonds. The van der Waals surface area contributed by atoms with Crippen LogP contribution in [0.2, 0.25) is 5.02 Å². The Kier molecular flexibility index (Phi) is 6.32. The number of hydrogen-bond donors (Lipinski definition) is 0. The minimum Gasteiger partial charge on any atom is -0.291 e. The summed E-state index contributed by atoms with van der Waals surface area (Å²) in [5.41, 5.74) is 1.16. The highest BCUT2D eigenvalue weighted by molar-refractivity contribution is 6.35. The minimum absolute atomic E-state index is 0.0613. The Morgan fingerprint density at radius 2 is 1.81 bits per heavy atom. The van der Waals surface area contributed by atoms with Crippen LogP contribution in [0.25, 0.3) is 5.69 Å². The Hall–Kier alpha value is -2.75. The first-order valence-corrected chi connectivity index (χ1v) is 10.5. The van der Waals surface area contributed by atoms with Crippen LogP contribution in [-0.4, -0.2) is 38.6 Å². The molecule has 0 radical (unpaired) electrons. The zero-order chi connectivity index (χ0) is 22.9. The lowest BCUT2D eigenvalue weighted by atomic mass is 9.98. The van der Waals surface area contributed by atoms with Crippen molar-refractivity contribution in [1.29, 1.82) is 0 Å². The molecule has 0 spiro atoms. The zero-order valence-electron chi connectivity index (χ0n) is 17.5. The van der Waals surface area contributed by atoms with Crippen LogP contribution in [0.1, 0.15) is 42.2 Å². The smallest absolute Gasteiger partial charge is 0.291 e. The fourth-order valence-electron chi connectivity index (χ4n) is 3.59. The third-order valence-corrected chi connectivity index (χ3v) is 5.54. The third-order valence-electron chi connectivity index (χ3n) is 5.21. The number of aliphatic imine (C=N–C) groups is 1. The van der Waals surface area contributed by atoms with Gasteiger partial charge in [-0.3, -0.25) is 14.4 Å². The van der Waals surface area contributed by atoms with E-state index in [2.05, 4.69) is 15.2 Å². The van der Waals surface area contributed by atoms with Gasteiger partial charge in [-0.25, -0.2) is 0 Å². The van der Waals surface area contributed by atoms with Crippen molar-refractivity contribution in [3.8, 4) is 5.69 Å². The molecule has 0 atom stereocenters. The van der Waals surface area contributed by atoms with Crippen molar-refractivity contribution in [2.75, 3.05) is 13.1 Å². The Labute approximate surface area is 188 Å². The molecule has 0 unspecified atom stereocenters.